The Labute approximate surface area is 271 Å². The second kappa shape index (κ2) is 8.39. The fraction of sp³-hybridized carbons (Fsp3) is 0.244. The van der Waals surface area contributed by atoms with Crippen molar-refractivity contribution in [3.63, 3.8) is 0 Å². The molecule has 0 saturated heterocycles. The van der Waals surface area contributed by atoms with Crippen LogP contribution >= 0.6 is 0 Å². The number of allylic oxidation sites excluding steroid dienone is 4. The van der Waals surface area contributed by atoms with Crippen molar-refractivity contribution in [3.05, 3.63) is 142 Å². The van der Waals surface area contributed by atoms with Crippen molar-refractivity contribution in [2.45, 2.75) is 70.6 Å². The van der Waals surface area contributed by atoms with Gasteiger partial charge in [0, 0.05) is 27.0 Å². The van der Waals surface area contributed by atoms with Crippen LogP contribution in [0.1, 0.15) is 87.8 Å². The van der Waals surface area contributed by atoms with E-state index in [2.05, 4.69) is 149 Å². The van der Waals surface area contributed by atoms with Crippen molar-refractivity contribution in [2.75, 3.05) is 0 Å². The third-order valence-corrected chi connectivity index (χ3v) is 12.2. The maximum absolute atomic E-state index is 2.64. The summed E-state index contributed by atoms with van der Waals surface area (Å²) < 4.78 is 2.64. The highest BCUT2D eigenvalue weighted by atomic mass is 15.0. The van der Waals surface area contributed by atoms with Crippen molar-refractivity contribution in [1.82, 2.24) is 4.57 Å². The molecule has 1 nitrogen and oxygen atoms in total. The minimum absolute atomic E-state index is 0.0183. The Kier molecular flexibility index (Phi) is 4.85. The van der Waals surface area contributed by atoms with E-state index in [4.69, 9.17) is 0 Å². The summed E-state index contributed by atoms with van der Waals surface area (Å²) in [7, 11) is 0. The molecule has 6 aromatic rings. The molecule has 0 bridgehead atoms. The molecular weight excluding hydrogens is 555 g/mol. The first kappa shape index (κ1) is 26.6. The van der Waals surface area contributed by atoms with Gasteiger partial charge in [0.15, 0.2) is 0 Å². The van der Waals surface area contributed by atoms with Crippen molar-refractivity contribution >= 4 is 27.4 Å². The molecule has 0 fully saturated rings. The van der Waals surface area contributed by atoms with E-state index in [0.29, 0.717) is 0 Å². The zero-order chi connectivity index (χ0) is 31.3. The molecule has 224 valence electrons. The van der Waals surface area contributed by atoms with Gasteiger partial charge < -0.3 is 4.57 Å². The topological polar surface area (TPSA) is 4.93 Å². The summed E-state index contributed by atoms with van der Waals surface area (Å²) >= 11 is 0. The quantitative estimate of drug-likeness (QED) is 0.188. The molecular formula is C45H39N. The van der Waals surface area contributed by atoms with Gasteiger partial charge >= 0.3 is 0 Å². The first-order valence-electron chi connectivity index (χ1n) is 17.0. The number of benzene rings is 5. The van der Waals surface area contributed by atoms with Crippen LogP contribution in [0, 0.1) is 0 Å². The minimum Gasteiger partial charge on any atom is -0.308 e. The fourth-order valence-corrected chi connectivity index (χ4v) is 9.68. The van der Waals surface area contributed by atoms with Gasteiger partial charge in [0.1, 0.15) is 0 Å². The summed E-state index contributed by atoms with van der Waals surface area (Å²) in [4.78, 5) is 0. The molecule has 0 unspecified atom stereocenters. The Morgan fingerprint density at radius 1 is 0.522 bits per heavy atom. The highest BCUT2D eigenvalue weighted by molar-refractivity contribution is 6.16. The largest absolute Gasteiger partial charge is 0.308 e. The van der Waals surface area contributed by atoms with Crippen molar-refractivity contribution < 1.29 is 0 Å². The van der Waals surface area contributed by atoms with Gasteiger partial charge in [-0.15, -0.1) is 0 Å². The summed E-state index contributed by atoms with van der Waals surface area (Å²) in [6.07, 6.45) is 7.04. The van der Waals surface area contributed by atoms with Crippen molar-refractivity contribution in [1.29, 1.82) is 0 Å². The Hall–Kier alpha value is -4.62. The first-order chi connectivity index (χ1) is 22.1. The molecule has 4 aliphatic rings. The highest BCUT2D eigenvalue weighted by Crippen LogP contribution is 2.57. The molecule has 0 N–H and O–H groups in total. The predicted octanol–water partition coefficient (Wildman–Crippen LogP) is 11.8. The maximum atomic E-state index is 2.64. The fourth-order valence-electron chi connectivity index (χ4n) is 9.68. The van der Waals surface area contributed by atoms with Crippen LogP contribution in [0.3, 0.4) is 0 Å². The Balaban J connectivity index is 1.32. The Morgan fingerprint density at radius 3 is 1.78 bits per heavy atom. The first-order valence-corrected chi connectivity index (χ1v) is 17.0. The smallest absolute Gasteiger partial charge is 0.0582 e. The normalized spacial score (nSPS) is 18.8. The lowest BCUT2D eigenvalue weighted by Gasteiger charge is -2.42. The molecule has 1 aromatic heterocycles. The van der Waals surface area contributed by atoms with Crippen LogP contribution in [0.2, 0.25) is 0 Å². The monoisotopic (exact) mass is 593 g/mol. The predicted molar refractivity (Wildman–Crippen MR) is 194 cm³/mol. The van der Waals surface area contributed by atoms with Crippen molar-refractivity contribution in [2.24, 2.45) is 0 Å². The number of nitrogens with zero attached hydrogens (tertiary/aromatic N) is 1. The summed E-state index contributed by atoms with van der Waals surface area (Å²) in [6, 6.07) is 35.3. The number of rotatable bonds is 2. The number of aromatic nitrogens is 1. The summed E-state index contributed by atoms with van der Waals surface area (Å²) in [6.45, 7) is 14.6. The van der Waals surface area contributed by atoms with Crippen LogP contribution in [0.25, 0.3) is 55.3 Å². The lowest BCUT2D eigenvalue weighted by atomic mass is 9.68. The van der Waals surface area contributed by atoms with E-state index in [0.717, 1.165) is 12.8 Å². The Bertz CT molecular complexity index is 2420. The lowest BCUT2D eigenvalue weighted by Crippen LogP contribution is -2.33. The van der Waals surface area contributed by atoms with Gasteiger partial charge in [-0.3, -0.25) is 0 Å². The number of hydrogen-bond donors (Lipinski definition) is 0. The van der Waals surface area contributed by atoms with Crippen LogP contribution in [-0.2, 0) is 16.2 Å². The van der Waals surface area contributed by atoms with Gasteiger partial charge in [-0.1, -0.05) is 114 Å². The van der Waals surface area contributed by atoms with E-state index >= 15 is 0 Å². The van der Waals surface area contributed by atoms with Crippen LogP contribution < -0.4 is 0 Å². The summed E-state index contributed by atoms with van der Waals surface area (Å²) in [5, 5.41) is 2.73. The standard InChI is InChI=1S/C45H39N/c1-43(2)34-16-11-10-15-30(34)31-20-19-27(23-37(31)43)29-22-33-32-21-28(26-13-8-7-9-14-26)24-38-40(32)46-41(33)39(25-29)45(5,6)36-18-12-17-35(42(36)46)44(38,3)4/h7-9,11-14,16-25H,10,15H2,1-6H3. The highest BCUT2D eigenvalue weighted by Gasteiger charge is 2.44. The third-order valence-electron chi connectivity index (χ3n) is 12.2. The van der Waals surface area contributed by atoms with E-state index in [9.17, 15) is 0 Å². The zero-order valence-electron chi connectivity index (χ0n) is 27.7. The van der Waals surface area contributed by atoms with Gasteiger partial charge in [-0.25, -0.2) is 0 Å². The molecule has 2 aliphatic carbocycles. The molecule has 3 heterocycles. The van der Waals surface area contributed by atoms with Gasteiger partial charge in [0.25, 0.3) is 0 Å². The minimum atomic E-state index is -0.138. The van der Waals surface area contributed by atoms with E-state index in [-0.39, 0.29) is 16.2 Å². The van der Waals surface area contributed by atoms with Crippen molar-refractivity contribution in [3.8, 4) is 27.9 Å². The molecule has 2 aliphatic heterocycles. The van der Waals surface area contributed by atoms with Gasteiger partial charge in [-0.2, -0.15) is 0 Å². The van der Waals surface area contributed by atoms with E-state index in [1.807, 2.05) is 0 Å². The third kappa shape index (κ3) is 3.07. The SMILES string of the molecule is CC1(C)C2=C(CCC=C2)c2ccc(-c3cc4c5c(c3)c3cc(-c6ccccc6)cc6c3n5-c3c(cccc3C4(C)C)C6(C)C)cc21. The molecule has 0 amide bonds. The van der Waals surface area contributed by atoms with E-state index in [1.54, 1.807) is 5.57 Å². The van der Waals surface area contributed by atoms with E-state index in [1.165, 1.54) is 88.7 Å². The number of fused-ring (bicyclic) bond motifs is 3. The van der Waals surface area contributed by atoms with Gasteiger partial charge in [0.2, 0.25) is 0 Å². The summed E-state index contributed by atoms with van der Waals surface area (Å²) in [5.74, 6) is 0. The molecule has 46 heavy (non-hydrogen) atoms. The molecule has 5 aromatic carbocycles. The molecule has 0 spiro atoms. The Morgan fingerprint density at radius 2 is 1.13 bits per heavy atom. The average molecular weight is 594 g/mol. The van der Waals surface area contributed by atoms with E-state index < -0.39 is 0 Å². The van der Waals surface area contributed by atoms with Crippen LogP contribution in [-0.4, -0.2) is 4.57 Å². The molecule has 0 saturated carbocycles. The lowest BCUT2D eigenvalue weighted by molar-refractivity contribution is 0.594. The summed E-state index contributed by atoms with van der Waals surface area (Å²) in [5.41, 5.74) is 20.8. The molecule has 10 rings (SSSR count). The van der Waals surface area contributed by atoms with Gasteiger partial charge in [0.05, 0.1) is 16.7 Å². The number of para-hydroxylation sites is 1. The molecule has 1 heteroatoms. The maximum Gasteiger partial charge on any atom is 0.0582 e. The van der Waals surface area contributed by atoms with Crippen LogP contribution in [0.4, 0.5) is 0 Å². The molecule has 0 atom stereocenters. The average Bonchev–Trinajstić information content (AvgIpc) is 3.51. The molecule has 0 radical (unpaired) electrons. The second-order valence-electron chi connectivity index (χ2n) is 15.7. The number of hydrogen-bond acceptors (Lipinski definition) is 0. The zero-order valence-corrected chi connectivity index (χ0v) is 27.7. The second-order valence-corrected chi connectivity index (χ2v) is 15.7. The van der Waals surface area contributed by atoms with Crippen LogP contribution in [0.15, 0.2) is 109 Å². The van der Waals surface area contributed by atoms with Gasteiger partial charge in [-0.05, 0) is 110 Å². The van der Waals surface area contributed by atoms with Crippen LogP contribution in [0.5, 0.6) is 0 Å².